The van der Waals surface area contributed by atoms with Gasteiger partial charge in [-0.3, -0.25) is 15.6 Å². The number of hydrogen-bond donors (Lipinski definition) is 4. The fourth-order valence-electron chi connectivity index (χ4n) is 2.62. The summed E-state index contributed by atoms with van der Waals surface area (Å²) in [6.07, 6.45) is 1.65. The zero-order valence-corrected chi connectivity index (χ0v) is 14.6. The number of aromatic nitrogens is 1. The number of nitrogens with one attached hydrogen (secondary N) is 4. The molecule has 0 unspecified atom stereocenters. The predicted octanol–water partition coefficient (Wildman–Crippen LogP) is 3.27. The van der Waals surface area contributed by atoms with Crippen molar-refractivity contribution in [2.45, 2.75) is 0 Å². The average Bonchev–Trinajstić information content (AvgIpc) is 3.03. The summed E-state index contributed by atoms with van der Waals surface area (Å²) < 4.78 is 13.8. The number of amides is 1. The highest BCUT2D eigenvalue weighted by Gasteiger charge is 2.19. The third kappa shape index (κ3) is 3.73. The van der Waals surface area contributed by atoms with Gasteiger partial charge in [-0.15, -0.1) is 6.58 Å². The molecule has 1 aromatic heterocycles. The van der Waals surface area contributed by atoms with Crippen LogP contribution >= 0.6 is 12.2 Å². The molecule has 3 aromatic rings. The molecule has 3 rings (SSSR count). The smallest absolute Gasteiger partial charge is 0.286 e. The molecule has 0 aliphatic rings. The van der Waals surface area contributed by atoms with Crippen molar-refractivity contribution >= 4 is 34.1 Å². The van der Waals surface area contributed by atoms with Gasteiger partial charge in [0.2, 0.25) is 0 Å². The van der Waals surface area contributed by atoms with E-state index in [0.29, 0.717) is 28.7 Å². The van der Waals surface area contributed by atoms with E-state index in [1.54, 1.807) is 12.1 Å². The summed E-state index contributed by atoms with van der Waals surface area (Å²) in [4.78, 5) is 15.7. The van der Waals surface area contributed by atoms with Gasteiger partial charge in [0, 0.05) is 23.0 Å². The van der Waals surface area contributed by atoms with Crippen LogP contribution in [0.25, 0.3) is 22.0 Å². The minimum Gasteiger partial charge on any atom is -0.358 e. The minimum atomic E-state index is -0.414. The van der Waals surface area contributed by atoms with E-state index in [4.69, 9.17) is 12.2 Å². The van der Waals surface area contributed by atoms with Crippen LogP contribution in [0, 0.1) is 5.82 Å². The first-order valence-corrected chi connectivity index (χ1v) is 8.32. The second kappa shape index (κ2) is 7.79. The van der Waals surface area contributed by atoms with Crippen LogP contribution in [0.1, 0.15) is 10.5 Å². The van der Waals surface area contributed by atoms with Crippen molar-refractivity contribution in [3.8, 4) is 11.1 Å². The van der Waals surface area contributed by atoms with Gasteiger partial charge < -0.3 is 10.3 Å². The van der Waals surface area contributed by atoms with Crippen LogP contribution in [0.4, 0.5) is 4.39 Å². The summed E-state index contributed by atoms with van der Waals surface area (Å²) >= 11 is 5.05. The van der Waals surface area contributed by atoms with E-state index in [1.165, 1.54) is 12.1 Å². The lowest BCUT2D eigenvalue weighted by Gasteiger charge is -2.11. The van der Waals surface area contributed by atoms with Crippen molar-refractivity contribution in [1.82, 2.24) is 21.2 Å². The Bertz CT molecular complexity index is 968. The Labute approximate surface area is 155 Å². The van der Waals surface area contributed by atoms with Crippen LogP contribution in [-0.4, -0.2) is 22.5 Å². The Kier molecular flexibility index (Phi) is 5.28. The summed E-state index contributed by atoms with van der Waals surface area (Å²) in [5.74, 6) is -0.781. The van der Waals surface area contributed by atoms with Crippen LogP contribution in [0.2, 0.25) is 0 Å². The fourth-order valence-corrected chi connectivity index (χ4v) is 2.76. The van der Waals surface area contributed by atoms with Crippen molar-refractivity contribution in [2.24, 2.45) is 0 Å². The van der Waals surface area contributed by atoms with Crippen LogP contribution in [0.5, 0.6) is 0 Å². The third-order valence-corrected chi connectivity index (χ3v) is 3.99. The van der Waals surface area contributed by atoms with Gasteiger partial charge >= 0.3 is 0 Å². The number of rotatable bonds is 4. The second-order valence-electron chi connectivity index (χ2n) is 5.51. The molecule has 132 valence electrons. The van der Waals surface area contributed by atoms with Gasteiger partial charge in [0.05, 0.1) is 0 Å². The van der Waals surface area contributed by atoms with Crippen molar-refractivity contribution in [2.75, 3.05) is 6.54 Å². The maximum Gasteiger partial charge on any atom is 0.286 e. The quantitative estimate of drug-likeness (QED) is 0.324. The molecule has 0 radical (unpaired) electrons. The summed E-state index contributed by atoms with van der Waals surface area (Å²) in [6, 6.07) is 13.7. The number of benzene rings is 2. The lowest BCUT2D eigenvalue weighted by Crippen LogP contribution is -2.46. The number of hydrazine groups is 1. The van der Waals surface area contributed by atoms with Gasteiger partial charge in [-0.25, -0.2) is 4.39 Å². The molecular formula is C19H17FN4OS. The van der Waals surface area contributed by atoms with Crippen molar-refractivity contribution < 1.29 is 9.18 Å². The molecule has 0 fully saturated rings. The molecule has 4 N–H and O–H groups in total. The SMILES string of the molecule is C=CCNC(=S)NNC(=O)c1[nH]c2ccc(F)cc2c1-c1ccccc1. The van der Waals surface area contributed by atoms with E-state index in [2.05, 4.69) is 27.7 Å². The topological polar surface area (TPSA) is 68.9 Å². The highest BCUT2D eigenvalue weighted by Crippen LogP contribution is 2.32. The number of carbonyl (C=O) groups is 1. The molecule has 0 aliphatic heterocycles. The predicted molar refractivity (Wildman–Crippen MR) is 105 cm³/mol. The summed E-state index contributed by atoms with van der Waals surface area (Å²) in [6.45, 7) is 4.05. The molecule has 5 nitrogen and oxygen atoms in total. The molecule has 7 heteroatoms. The maximum atomic E-state index is 13.8. The molecule has 2 aromatic carbocycles. The lowest BCUT2D eigenvalue weighted by atomic mass is 10.0. The first-order chi connectivity index (χ1) is 12.6. The van der Waals surface area contributed by atoms with E-state index >= 15 is 0 Å². The summed E-state index contributed by atoms with van der Waals surface area (Å²) in [7, 11) is 0. The number of halogens is 1. The zero-order chi connectivity index (χ0) is 18.5. The minimum absolute atomic E-state index is 0.265. The zero-order valence-electron chi connectivity index (χ0n) is 13.8. The molecular weight excluding hydrogens is 351 g/mol. The van der Waals surface area contributed by atoms with E-state index in [9.17, 15) is 9.18 Å². The van der Waals surface area contributed by atoms with Gasteiger partial charge in [-0.1, -0.05) is 36.4 Å². The molecule has 0 atom stereocenters. The Morgan fingerprint density at radius 1 is 1.19 bits per heavy atom. The molecule has 1 amide bonds. The van der Waals surface area contributed by atoms with Gasteiger partial charge in [0.1, 0.15) is 11.5 Å². The Morgan fingerprint density at radius 3 is 2.69 bits per heavy atom. The van der Waals surface area contributed by atoms with E-state index in [-0.39, 0.29) is 10.9 Å². The summed E-state index contributed by atoms with van der Waals surface area (Å²) in [5, 5.41) is 3.75. The van der Waals surface area contributed by atoms with E-state index in [0.717, 1.165) is 5.56 Å². The van der Waals surface area contributed by atoms with Crippen molar-refractivity contribution in [3.63, 3.8) is 0 Å². The molecule has 0 aliphatic carbocycles. The highest BCUT2D eigenvalue weighted by atomic mass is 32.1. The number of aromatic amines is 1. The monoisotopic (exact) mass is 368 g/mol. The molecule has 0 saturated carbocycles. The fraction of sp³-hybridized carbons (Fsp3) is 0.0526. The van der Waals surface area contributed by atoms with Crippen molar-refractivity contribution in [3.05, 3.63) is 72.7 Å². The van der Waals surface area contributed by atoms with Gasteiger partial charge in [0.25, 0.3) is 5.91 Å². The average molecular weight is 368 g/mol. The maximum absolute atomic E-state index is 13.8. The van der Waals surface area contributed by atoms with Gasteiger partial charge in [0.15, 0.2) is 5.11 Å². The standard InChI is InChI=1S/C19H17FN4OS/c1-2-10-21-19(26)24-23-18(25)17-16(12-6-4-3-5-7-12)14-11-13(20)8-9-15(14)22-17/h2-9,11,22H,1,10H2,(H,23,25)(H2,21,24,26). The van der Waals surface area contributed by atoms with Crippen LogP contribution in [0.15, 0.2) is 61.2 Å². The lowest BCUT2D eigenvalue weighted by molar-refractivity contribution is 0.0940. The first kappa shape index (κ1) is 17.6. The van der Waals surface area contributed by atoms with E-state index < -0.39 is 5.91 Å². The number of carbonyl (C=O) groups excluding carboxylic acids is 1. The van der Waals surface area contributed by atoms with Crippen LogP contribution in [-0.2, 0) is 0 Å². The Morgan fingerprint density at radius 2 is 1.96 bits per heavy atom. The largest absolute Gasteiger partial charge is 0.358 e. The molecule has 0 spiro atoms. The second-order valence-corrected chi connectivity index (χ2v) is 5.92. The Hall–Kier alpha value is -3.19. The van der Waals surface area contributed by atoms with Crippen LogP contribution < -0.4 is 16.2 Å². The van der Waals surface area contributed by atoms with Crippen LogP contribution in [0.3, 0.4) is 0 Å². The molecule has 0 saturated heterocycles. The van der Waals surface area contributed by atoms with Gasteiger partial charge in [-0.05, 0) is 36.0 Å². The highest BCUT2D eigenvalue weighted by molar-refractivity contribution is 7.80. The number of thiocarbonyl (C=S) groups is 1. The number of H-pyrrole nitrogens is 1. The van der Waals surface area contributed by atoms with Gasteiger partial charge in [-0.2, -0.15) is 0 Å². The normalized spacial score (nSPS) is 10.3. The molecule has 26 heavy (non-hydrogen) atoms. The number of fused-ring (bicyclic) bond motifs is 1. The number of hydrogen-bond acceptors (Lipinski definition) is 2. The first-order valence-electron chi connectivity index (χ1n) is 7.92. The molecule has 1 heterocycles. The third-order valence-electron chi connectivity index (χ3n) is 3.75. The Balaban J connectivity index is 1.96. The molecule has 0 bridgehead atoms. The van der Waals surface area contributed by atoms with E-state index in [1.807, 2.05) is 30.3 Å². The summed E-state index contributed by atoms with van der Waals surface area (Å²) in [5.41, 5.74) is 7.59. The van der Waals surface area contributed by atoms with Crippen molar-refractivity contribution in [1.29, 1.82) is 0 Å².